The number of nitrogens with one attached hydrogen (secondary N) is 1. The lowest BCUT2D eigenvalue weighted by Crippen LogP contribution is -2.34. The van der Waals surface area contributed by atoms with Crippen LogP contribution in [0.1, 0.15) is 11.8 Å². The highest BCUT2D eigenvalue weighted by molar-refractivity contribution is 9.11. The summed E-state index contributed by atoms with van der Waals surface area (Å²) in [6, 6.07) is 0. The van der Waals surface area contributed by atoms with Gasteiger partial charge in [-0.3, -0.25) is 14.3 Å². The first-order chi connectivity index (χ1) is 8.65. The summed E-state index contributed by atoms with van der Waals surface area (Å²) in [5.74, 6) is 0. The number of halogens is 1. The second-order valence-electron chi connectivity index (χ2n) is 3.58. The van der Waals surface area contributed by atoms with Crippen molar-refractivity contribution in [3.05, 3.63) is 37.6 Å². The maximum absolute atomic E-state index is 11.7. The van der Waals surface area contributed by atoms with Gasteiger partial charge < -0.3 is 14.6 Å². The van der Waals surface area contributed by atoms with Crippen molar-refractivity contribution in [2.24, 2.45) is 0 Å². The molecule has 1 aromatic rings. The Bertz CT molecular complexity index is 564. The van der Waals surface area contributed by atoms with Gasteiger partial charge >= 0.3 is 5.69 Å². The van der Waals surface area contributed by atoms with Crippen LogP contribution in [0.25, 0.3) is 6.08 Å². The van der Waals surface area contributed by atoms with E-state index < -0.39 is 23.8 Å². The van der Waals surface area contributed by atoms with Crippen molar-refractivity contribution in [2.75, 3.05) is 13.2 Å². The molecule has 1 fully saturated rings. The van der Waals surface area contributed by atoms with E-state index in [1.165, 1.54) is 21.8 Å². The summed E-state index contributed by atoms with van der Waals surface area (Å²) >= 11 is 3.06. The van der Waals surface area contributed by atoms with E-state index in [4.69, 9.17) is 14.6 Å². The highest BCUT2D eigenvalue weighted by atomic mass is 79.9. The third-order valence-electron chi connectivity index (χ3n) is 2.43. The third-order valence-corrected chi connectivity index (χ3v) is 2.70. The second kappa shape index (κ2) is 5.61. The molecular weight excluding hydrogens is 308 g/mol. The fourth-order valence-electron chi connectivity index (χ4n) is 1.59. The standard InChI is InChI=1S/C10H11BrN2O5/c11-2-1-6-3-13(10(16)12-9(6)15)7-5-17-8(4-14)18-7/h1-3,7-8,14H,4-5H2,(H,12,15,16)/b2-1+/t7?,8-/m1/s1. The number of aliphatic hydroxyl groups is 1. The summed E-state index contributed by atoms with van der Waals surface area (Å²) in [6.45, 7) is -0.155. The zero-order chi connectivity index (χ0) is 13.1. The number of aromatic nitrogens is 2. The van der Waals surface area contributed by atoms with Crippen LogP contribution in [0, 0.1) is 0 Å². The van der Waals surface area contributed by atoms with Gasteiger partial charge in [-0.15, -0.1) is 0 Å². The summed E-state index contributed by atoms with van der Waals surface area (Å²) in [4.78, 5) is 26.8. The summed E-state index contributed by atoms with van der Waals surface area (Å²) in [5, 5.41) is 8.87. The largest absolute Gasteiger partial charge is 0.391 e. The SMILES string of the molecule is O=c1[nH]c(=O)n(C2CO[C@@H](CO)O2)cc1/C=C/Br. The van der Waals surface area contributed by atoms with Crippen molar-refractivity contribution in [3.8, 4) is 0 Å². The van der Waals surface area contributed by atoms with Crippen LogP contribution >= 0.6 is 15.9 Å². The molecule has 98 valence electrons. The normalized spacial score (nSPS) is 23.9. The number of rotatable bonds is 3. The second-order valence-corrected chi connectivity index (χ2v) is 4.11. The number of aliphatic hydroxyl groups excluding tert-OH is 1. The molecule has 0 bridgehead atoms. The van der Waals surface area contributed by atoms with Gasteiger partial charge in [0.15, 0.2) is 12.5 Å². The van der Waals surface area contributed by atoms with E-state index in [0.29, 0.717) is 5.56 Å². The minimum atomic E-state index is -0.746. The summed E-state index contributed by atoms with van der Waals surface area (Å²) < 4.78 is 11.6. The van der Waals surface area contributed by atoms with Gasteiger partial charge in [0.05, 0.1) is 18.8 Å². The van der Waals surface area contributed by atoms with Crippen LogP contribution < -0.4 is 11.2 Å². The van der Waals surface area contributed by atoms with Gasteiger partial charge in [0.1, 0.15) is 0 Å². The molecule has 8 heteroatoms. The van der Waals surface area contributed by atoms with Crippen molar-refractivity contribution in [1.82, 2.24) is 9.55 Å². The van der Waals surface area contributed by atoms with Gasteiger partial charge in [-0.2, -0.15) is 0 Å². The molecule has 2 heterocycles. The van der Waals surface area contributed by atoms with Crippen LogP contribution in [0.3, 0.4) is 0 Å². The lowest BCUT2D eigenvalue weighted by molar-refractivity contribution is -0.0993. The van der Waals surface area contributed by atoms with E-state index in [9.17, 15) is 9.59 Å². The van der Waals surface area contributed by atoms with Crippen LogP contribution in [0.2, 0.25) is 0 Å². The molecule has 0 saturated carbocycles. The summed E-state index contributed by atoms with van der Waals surface area (Å²) in [5.41, 5.74) is -0.758. The first-order valence-corrected chi connectivity index (χ1v) is 6.07. The fraction of sp³-hybridized carbons (Fsp3) is 0.400. The molecule has 0 aromatic carbocycles. The Balaban J connectivity index is 2.36. The molecule has 18 heavy (non-hydrogen) atoms. The van der Waals surface area contributed by atoms with Crippen molar-refractivity contribution >= 4 is 22.0 Å². The van der Waals surface area contributed by atoms with Gasteiger partial charge in [0.25, 0.3) is 5.56 Å². The van der Waals surface area contributed by atoms with Crippen LogP contribution in [-0.4, -0.2) is 34.2 Å². The fourth-order valence-corrected chi connectivity index (χ4v) is 1.87. The number of hydrogen-bond acceptors (Lipinski definition) is 5. The monoisotopic (exact) mass is 318 g/mol. The molecule has 2 N–H and O–H groups in total. The summed E-state index contributed by atoms with van der Waals surface area (Å²) in [6.07, 6.45) is 1.49. The molecule has 7 nitrogen and oxygen atoms in total. The van der Waals surface area contributed by atoms with Gasteiger partial charge in [-0.25, -0.2) is 4.79 Å². The van der Waals surface area contributed by atoms with Crippen molar-refractivity contribution in [2.45, 2.75) is 12.5 Å². The van der Waals surface area contributed by atoms with Crippen molar-refractivity contribution < 1.29 is 14.6 Å². The zero-order valence-corrected chi connectivity index (χ0v) is 10.8. The minimum absolute atomic E-state index is 0.134. The Morgan fingerprint density at radius 2 is 2.39 bits per heavy atom. The Morgan fingerprint density at radius 1 is 1.61 bits per heavy atom. The van der Waals surface area contributed by atoms with Gasteiger partial charge in [0.2, 0.25) is 0 Å². The number of H-pyrrole nitrogens is 1. The Morgan fingerprint density at radius 3 is 3.00 bits per heavy atom. The van der Waals surface area contributed by atoms with Crippen LogP contribution in [0.15, 0.2) is 20.8 Å². The smallest absolute Gasteiger partial charge is 0.330 e. The van der Waals surface area contributed by atoms with Gasteiger partial charge in [-0.1, -0.05) is 15.9 Å². The minimum Gasteiger partial charge on any atom is -0.391 e. The average molecular weight is 319 g/mol. The number of nitrogens with zero attached hydrogens (tertiary/aromatic N) is 1. The Labute approximate surface area is 110 Å². The van der Waals surface area contributed by atoms with E-state index in [1.54, 1.807) is 0 Å². The van der Waals surface area contributed by atoms with Gasteiger partial charge in [0, 0.05) is 6.20 Å². The molecule has 0 aliphatic carbocycles. The molecule has 1 aromatic heterocycles. The molecule has 2 rings (SSSR count). The van der Waals surface area contributed by atoms with Crippen molar-refractivity contribution in [1.29, 1.82) is 0 Å². The number of aromatic amines is 1. The molecule has 1 unspecified atom stereocenters. The summed E-state index contributed by atoms with van der Waals surface area (Å²) in [7, 11) is 0. The molecule has 0 spiro atoms. The average Bonchev–Trinajstić information content (AvgIpc) is 2.81. The molecule has 0 radical (unpaired) electrons. The quantitative estimate of drug-likeness (QED) is 0.802. The predicted octanol–water partition coefficient (Wildman–Crippen LogP) is -0.234. The van der Waals surface area contributed by atoms with Crippen LogP contribution in [0.4, 0.5) is 0 Å². The molecular formula is C10H11BrN2O5. The maximum Gasteiger partial charge on any atom is 0.330 e. The molecule has 0 amide bonds. The molecule has 1 saturated heterocycles. The Kier molecular flexibility index (Phi) is 4.12. The van der Waals surface area contributed by atoms with Crippen LogP contribution in [0.5, 0.6) is 0 Å². The third kappa shape index (κ3) is 2.61. The highest BCUT2D eigenvalue weighted by Crippen LogP contribution is 2.18. The van der Waals surface area contributed by atoms with Crippen molar-refractivity contribution in [3.63, 3.8) is 0 Å². The molecule has 1 aliphatic heterocycles. The van der Waals surface area contributed by atoms with E-state index in [1.807, 2.05) is 0 Å². The van der Waals surface area contributed by atoms with E-state index >= 15 is 0 Å². The number of hydrogen-bond donors (Lipinski definition) is 2. The predicted molar refractivity (Wildman–Crippen MR) is 66.2 cm³/mol. The van der Waals surface area contributed by atoms with Gasteiger partial charge in [-0.05, 0) is 11.1 Å². The Hall–Kier alpha value is -1.22. The topological polar surface area (TPSA) is 93.6 Å². The van der Waals surface area contributed by atoms with E-state index in [-0.39, 0.29) is 13.2 Å². The molecule has 1 aliphatic rings. The first kappa shape index (κ1) is 13.2. The first-order valence-electron chi connectivity index (χ1n) is 5.16. The van der Waals surface area contributed by atoms with Crippen LogP contribution in [-0.2, 0) is 9.47 Å². The lowest BCUT2D eigenvalue weighted by Gasteiger charge is -2.12. The van der Waals surface area contributed by atoms with E-state index in [0.717, 1.165) is 0 Å². The maximum atomic E-state index is 11.7. The molecule has 2 atom stereocenters. The highest BCUT2D eigenvalue weighted by Gasteiger charge is 2.27. The number of ether oxygens (including phenoxy) is 2. The lowest BCUT2D eigenvalue weighted by atomic mass is 10.3. The van der Waals surface area contributed by atoms with E-state index in [2.05, 4.69) is 20.9 Å². The zero-order valence-electron chi connectivity index (χ0n) is 9.21.